The largest absolute Gasteiger partial charge is 0.376 e. The number of carbonyl (C=O) groups excluding carboxylic acids is 1. The number of nitrogens with zero attached hydrogens (tertiary/aromatic N) is 3. The Labute approximate surface area is 136 Å². The SMILES string of the molecule is Cc1noc(C)c1CN1CCN(C(=O)NC[C@@H]2CCCO2)CC1. The van der Waals surface area contributed by atoms with Gasteiger partial charge in [0.1, 0.15) is 5.76 Å². The maximum atomic E-state index is 12.2. The fourth-order valence-corrected chi connectivity index (χ4v) is 3.18. The molecule has 0 radical (unpaired) electrons. The van der Waals surface area contributed by atoms with Gasteiger partial charge in [-0.1, -0.05) is 5.16 Å². The molecule has 1 atom stereocenters. The van der Waals surface area contributed by atoms with Gasteiger partial charge in [-0.15, -0.1) is 0 Å². The van der Waals surface area contributed by atoms with Crippen molar-refractivity contribution in [2.75, 3.05) is 39.3 Å². The Morgan fingerprint density at radius 2 is 2.09 bits per heavy atom. The highest BCUT2D eigenvalue weighted by molar-refractivity contribution is 5.74. The summed E-state index contributed by atoms with van der Waals surface area (Å²) < 4.78 is 10.7. The quantitative estimate of drug-likeness (QED) is 0.905. The molecule has 7 heteroatoms. The van der Waals surface area contributed by atoms with Gasteiger partial charge in [0.15, 0.2) is 0 Å². The lowest BCUT2D eigenvalue weighted by Gasteiger charge is -2.34. The highest BCUT2D eigenvalue weighted by Gasteiger charge is 2.24. The Kier molecular flexibility index (Phi) is 5.17. The monoisotopic (exact) mass is 322 g/mol. The molecule has 2 aliphatic heterocycles. The van der Waals surface area contributed by atoms with Crippen molar-refractivity contribution in [3.63, 3.8) is 0 Å². The van der Waals surface area contributed by atoms with Gasteiger partial charge in [0.2, 0.25) is 0 Å². The molecule has 23 heavy (non-hydrogen) atoms. The summed E-state index contributed by atoms with van der Waals surface area (Å²) in [6, 6.07) is 0.0255. The first-order valence-corrected chi connectivity index (χ1v) is 8.42. The van der Waals surface area contributed by atoms with E-state index in [1.165, 1.54) is 5.56 Å². The van der Waals surface area contributed by atoms with Gasteiger partial charge in [-0.2, -0.15) is 0 Å². The van der Waals surface area contributed by atoms with Gasteiger partial charge < -0.3 is 19.5 Å². The molecule has 2 aliphatic rings. The first-order chi connectivity index (χ1) is 11.1. The van der Waals surface area contributed by atoms with E-state index in [-0.39, 0.29) is 12.1 Å². The van der Waals surface area contributed by atoms with Gasteiger partial charge in [0, 0.05) is 51.4 Å². The van der Waals surface area contributed by atoms with Crippen molar-refractivity contribution >= 4 is 6.03 Å². The highest BCUT2D eigenvalue weighted by atomic mass is 16.5. The van der Waals surface area contributed by atoms with Crippen molar-refractivity contribution in [3.05, 3.63) is 17.0 Å². The molecular formula is C16H26N4O3. The van der Waals surface area contributed by atoms with Crippen molar-refractivity contribution < 1.29 is 14.1 Å². The Morgan fingerprint density at radius 3 is 2.70 bits per heavy atom. The molecule has 0 aliphatic carbocycles. The lowest BCUT2D eigenvalue weighted by Crippen LogP contribution is -2.52. The maximum Gasteiger partial charge on any atom is 0.317 e. The molecule has 128 valence electrons. The van der Waals surface area contributed by atoms with Crippen LogP contribution in [-0.4, -0.2) is 66.4 Å². The molecule has 3 heterocycles. The normalized spacial score (nSPS) is 22.5. The van der Waals surface area contributed by atoms with E-state index in [1.807, 2.05) is 18.7 Å². The standard InChI is InChI=1S/C16H26N4O3/c1-12-15(13(2)23-18-12)11-19-5-7-20(8-6-19)16(21)17-10-14-4-3-9-22-14/h14H,3-11H2,1-2H3,(H,17,21)/t14-/m0/s1. The lowest BCUT2D eigenvalue weighted by molar-refractivity contribution is 0.104. The second kappa shape index (κ2) is 7.31. The topological polar surface area (TPSA) is 70.8 Å². The molecule has 7 nitrogen and oxygen atoms in total. The number of aryl methyl sites for hydroxylation is 2. The second-order valence-electron chi connectivity index (χ2n) is 6.39. The number of carbonyl (C=O) groups is 1. The highest BCUT2D eigenvalue weighted by Crippen LogP contribution is 2.16. The van der Waals surface area contributed by atoms with Crippen LogP contribution < -0.4 is 5.32 Å². The molecule has 1 N–H and O–H groups in total. The summed E-state index contributed by atoms with van der Waals surface area (Å²) in [4.78, 5) is 16.4. The van der Waals surface area contributed by atoms with Gasteiger partial charge in [-0.3, -0.25) is 4.90 Å². The Balaban J connectivity index is 1.42. The minimum Gasteiger partial charge on any atom is -0.376 e. The molecule has 0 bridgehead atoms. The summed E-state index contributed by atoms with van der Waals surface area (Å²) in [5.41, 5.74) is 2.13. The van der Waals surface area contributed by atoms with E-state index in [1.54, 1.807) is 0 Å². The van der Waals surface area contributed by atoms with Crippen LogP contribution in [0.25, 0.3) is 0 Å². The van der Waals surface area contributed by atoms with E-state index in [0.717, 1.165) is 63.6 Å². The van der Waals surface area contributed by atoms with Crippen LogP contribution in [-0.2, 0) is 11.3 Å². The summed E-state index contributed by atoms with van der Waals surface area (Å²) in [5.74, 6) is 0.888. The number of rotatable bonds is 4. The van der Waals surface area contributed by atoms with Crippen LogP contribution in [0.5, 0.6) is 0 Å². The minimum atomic E-state index is 0.0255. The third-order valence-corrected chi connectivity index (χ3v) is 4.73. The van der Waals surface area contributed by atoms with Crippen molar-refractivity contribution in [1.82, 2.24) is 20.3 Å². The number of urea groups is 1. The zero-order valence-corrected chi connectivity index (χ0v) is 14.0. The fourth-order valence-electron chi connectivity index (χ4n) is 3.18. The number of amides is 2. The van der Waals surface area contributed by atoms with E-state index < -0.39 is 0 Å². The van der Waals surface area contributed by atoms with Crippen LogP contribution in [0.4, 0.5) is 4.79 Å². The average molecular weight is 322 g/mol. The summed E-state index contributed by atoms with van der Waals surface area (Å²) in [5, 5.41) is 6.99. The van der Waals surface area contributed by atoms with Crippen LogP contribution in [0.15, 0.2) is 4.52 Å². The fraction of sp³-hybridized carbons (Fsp3) is 0.750. The van der Waals surface area contributed by atoms with Crippen LogP contribution in [0.1, 0.15) is 29.9 Å². The number of ether oxygens (including phenoxy) is 1. The molecular weight excluding hydrogens is 296 g/mol. The Morgan fingerprint density at radius 1 is 1.30 bits per heavy atom. The zero-order chi connectivity index (χ0) is 16.2. The summed E-state index contributed by atoms with van der Waals surface area (Å²) in [6.45, 7) is 9.45. The molecule has 1 aromatic rings. The minimum absolute atomic E-state index is 0.0255. The third kappa shape index (κ3) is 4.03. The predicted octanol–water partition coefficient (Wildman–Crippen LogP) is 1.30. The van der Waals surface area contributed by atoms with E-state index in [4.69, 9.17) is 9.26 Å². The molecule has 2 saturated heterocycles. The number of hydrogen-bond donors (Lipinski definition) is 1. The van der Waals surface area contributed by atoms with Crippen LogP contribution in [0.2, 0.25) is 0 Å². The van der Waals surface area contributed by atoms with Crippen LogP contribution >= 0.6 is 0 Å². The number of hydrogen-bond acceptors (Lipinski definition) is 5. The van der Waals surface area contributed by atoms with Gasteiger partial charge in [-0.25, -0.2) is 4.79 Å². The van der Waals surface area contributed by atoms with Gasteiger partial charge >= 0.3 is 6.03 Å². The van der Waals surface area contributed by atoms with E-state index >= 15 is 0 Å². The van der Waals surface area contributed by atoms with E-state index in [0.29, 0.717) is 6.54 Å². The third-order valence-electron chi connectivity index (χ3n) is 4.73. The van der Waals surface area contributed by atoms with Crippen molar-refractivity contribution in [1.29, 1.82) is 0 Å². The number of aromatic nitrogens is 1. The summed E-state index contributed by atoms with van der Waals surface area (Å²) >= 11 is 0. The smallest absolute Gasteiger partial charge is 0.317 e. The van der Waals surface area contributed by atoms with Gasteiger partial charge in [0.05, 0.1) is 11.8 Å². The predicted molar refractivity (Wildman–Crippen MR) is 85.2 cm³/mol. The average Bonchev–Trinajstić information content (AvgIpc) is 3.18. The first kappa shape index (κ1) is 16.3. The van der Waals surface area contributed by atoms with Crippen LogP contribution in [0.3, 0.4) is 0 Å². The van der Waals surface area contributed by atoms with E-state index in [9.17, 15) is 4.79 Å². The van der Waals surface area contributed by atoms with Gasteiger partial charge in [-0.05, 0) is 26.7 Å². The Hall–Kier alpha value is -1.60. The molecule has 0 aromatic carbocycles. The second-order valence-corrected chi connectivity index (χ2v) is 6.39. The van der Waals surface area contributed by atoms with E-state index in [2.05, 4.69) is 15.4 Å². The molecule has 3 rings (SSSR count). The molecule has 0 saturated carbocycles. The molecule has 1 aromatic heterocycles. The maximum absolute atomic E-state index is 12.2. The summed E-state index contributed by atoms with van der Waals surface area (Å²) in [7, 11) is 0. The number of nitrogens with one attached hydrogen (secondary N) is 1. The molecule has 2 amide bonds. The van der Waals surface area contributed by atoms with Crippen molar-refractivity contribution in [2.24, 2.45) is 0 Å². The summed E-state index contributed by atoms with van der Waals surface area (Å²) in [6.07, 6.45) is 2.34. The van der Waals surface area contributed by atoms with Gasteiger partial charge in [0.25, 0.3) is 0 Å². The molecule has 2 fully saturated rings. The van der Waals surface area contributed by atoms with Crippen molar-refractivity contribution in [3.8, 4) is 0 Å². The molecule has 0 spiro atoms. The number of piperazine rings is 1. The molecule has 0 unspecified atom stereocenters. The lowest BCUT2D eigenvalue weighted by atomic mass is 10.2. The van der Waals surface area contributed by atoms with Crippen molar-refractivity contribution in [2.45, 2.75) is 39.3 Å². The first-order valence-electron chi connectivity index (χ1n) is 8.42. The Bertz CT molecular complexity index is 512. The zero-order valence-electron chi connectivity index (χ0n) is 14.0. The van der Waals surface area contributed by atoms with Crippen LogP contribution in [0, 0.1) is 13.8 Å².